The van der Waals surface area contributed by atoms with Crippen LogP contribution in [0.5, 0.6) is 0 Å². The zero-order valence-corrected chi connectivity index (χ0v) is 10.4. The van der Waals surface area contributed by atoms with E-state index in [1.807, 2.05) is 0 Å². The van der Waals surface area contributed by atoms with Gasteiger partial charge in [-0.05, 0) is 5.92 Å². The molecule has 0 aliphatic carbocycles. The van der Waals surface area contributed by atoms with Crippen LogP contribution in [0.25, 0.3) is 0 Å². The molecular formula is C11H18ClN3O. The van der Waals surface area contributed by atoms with Crippen LogP contribution in [0.1, 0.15) is 26.7 Å². The molecule has 1 heterocycles. The van der Waals surface area contributed by atoms with Gasteiger partial charge in [-0.1, -0.05) is 38.3 Å². The highest BCUT2D eigenvalue weighted by atomic mass is 35.5. The average molecular weight is 244 g/mol. The highest BCUT2D eigenvalue weighted by Crippen LogP contribution is 2.14. The van der Waals surface area contributed by atoms with Crippen LogP contribution in [-0.4, -0.2) is 27.7 Å². The number of rotatable bonds is 6. The van der Waals surface area contributed by atoms with E-state index in [1.165, 1.54) is 6.33 Å². The molecule has 0 aromatic carbocycles. The maximum Gasteiger partial charge on any atom is 0.134 e. The van der Waals surface area contributed by atoms with Gasteiger partial charge in [0.2, 0.25) is 0 Å². The summed E-state index contributed by atoms with van der Waals surface area (Å²) in [6, 6.07) is 1.64. The highest BCUT2D eigenvalue weighted by Gasteiger charge is 2.14. The van der Waals surface area contributed by atoms with E-state index in [-0.39, 0.29) is 6.10 Å². The van der Waals surface area contributed by atoms with Crippen LogP contribution < -0.4 is 5.32 Å². The summed E-state index contributed by atoms with van der Waals surface area (Å²) in [6.45, 7) is 4.65. The van der Waals surface area contributed by atoms with Crippen LogP contribution in [0, 0.1) is 5.92 Å². The van der Waals surface area contributed by atoms with Crippen LogP contribution in [0.4, 0.5) is 5.82 Å². The van der Waals surface area contributed by atoms with Gasteiger partial charge in [-0.3, -0.25) is 0 Å². The van der Waals surface area contributed by atoms with Crippen LogP contribution in [0.3, 0.4) is 0 Å². The third-order valence-corrected chi connectivity index (χ3v) is 2.93. The number of aliphatic hydroxyl groups excluding tert-OH is 1. The van der Waals surface area contributed by atoms with Crippen LogP contribution in [-0.2, 0) is 0 Å². The van der Waals surface area contributed by atoms with E-state index in [1.54, 1.807) is 6.07 Å². The van der Waals surface area contributed by atoms with Gasteiger partial charge >= 0.3 is 0 Å². The van der Waals surface area contributed by atoms with E-state index >= 15 is 0 Å². The van der Waals surface area contributed by atoms with Crippen molar-refractivity contribution in [2.24, 2.45) is 5.92 Å². The molecule has 4 nitrogen and oxygen atoms in total. The standard InChI is InChI=1S/C11H18ClN3O/c1-3-8(4-2)9(16)6-13-11-5-10(12)14-7-15-11/h5,7-9,16H,3-4,6H2,1-2H3,(H,13,14,15). The van der Waals surface area contributed by atoms with Crippen molar-refractivity contribution in [3.05, 3.63) is 17.5 Å². The number of nitrogens with one attached hydrogen (secondary N) is 1. The molecule has 0 bridgehead atoms. The molecule has 0 aliphatic heterocycles. The van der Waals surface area contributed by atoms with Crippen molar-refractivity contribution < 1.29 is 5.11 Å². The fourth-order valence-corrected chi connectivity index (χ4v) is 1.79. The number of nitrogens with zero attached hydrogens (tertiary/aromatic N) is 2. The Morgan fingerprint density at radius 2 is 2.06 bits per heavy atom. The monoisotopic (exact) mass is 243 g/mol. The van der Waals surface area contributed by atoms with Gasteiger partial charge in [-0.25, -0.2) is 9.97 Å². The summed E-state index contributed by atoms with van der Waals surface area (Å²) in [6.07, 6.45) is 2.99. The second-order valence-corrected chi connectivity index (χ2v) is 4.14. The number of hydrogen-bond donors (Lipinski definition) is 2. The summed E-state index contributed by atoms with van der Waals surface area (Å²) < 4.78 is 0. The van der Waals surface area contributed by atoms with Gasteiger partial charge in [0.15, 0.2) is 0 Å². The lowest BCUT2D eigenvalue weighted by atomic mass is 9.97. The first-order chi connectivity index (χ1) is 7.67. The molecule has 1 aromatic heterocycles. The SMILES string of the molecule is CCC(CC)C(O)CNc1cc(Cl)ncn1. The summed E-state index contributed by atoms with van der Waals surface area (Å²) in [7, 11) is 0. The zero-order valence-electron chi connectivity index (χ0n) is 9.65. The fourth-order valence-electron chi connectivity index (χ4n) is 1.64. The molecule has 1 atom stereocenters. The molecule has 0 fully saturated rings. The Balaban J connectivity index is 2.45. The molecule has 1 rings (SSSR count). The van der Waals surface area contributed by atoms with Crippen molar-refractivity contribution in [3.8, 4) is 0 Å². The van der Waals surface area contributed by atoms with Crippen molar-refractivity contribution in [1.29, 1.82) is 0 Å². The van der Waals surface area contributed by atoms with Crippen molar-refractivity contribution in [2.75, 3.05) is 11.9 Å². The van der Waals surface area contributed by atoms with Gasteiger partial charge in [-0.15, -0.1) is 0 Å². The summed E-state index contributed by atoms with van der Waals surface area (Å²) >= 11 is 5.72. The largest absolute Gasteiger partial charge is 0.391 e. The Labute approximate surface area is 101 Å². The number of anilines is 1. The molecule has 0 aliphatic rings. The smallest absolute Gasteiger partial charge is 0.134 e. The lowest BCUT2D eigenvalue weighted by molar-refractivity contribution is 0.114. The summed E-state index contributed by atoms with van der Waals surface area (Å²) in [5.41, 5.74) is 0. The van der Waals surface area contributed by atoms with E-state index in [0.717, 1.165) is 12.8 Å². The van der Waals surface area contributed by atoms with Gasteiger partial charge in [0.05, 0.1) is 6.10 Å². The molecule has 2 N–H and O–H groups in total. The average Bonchev–Trinajstić information content (AvgIpc) is 2.28. The molecular weight excluding hydrogens is 226 g/mol. The van der Waals surface area contributed by atoms with Crippen molar-refractivity contribution in [3.63, 3.8) is 0 Å². The fraction of sp³-hybridized carbons (Fsp3) is 0.636. The third-order valence-electron chi connectivity index (χ3n) is 2.72. The molecule has 16 heavy (non-hydrogen) atoms. The predicted molar refractivity (Wildman–Crippen MR) is 65.6 cm³/mol. The summed E-state index contributed by atoms with van der Waals surface area (Å²) in [5.74, 6) is 0.967. The molecule has 90 valence electrons. The van der Waals surface area contributed by atoms with E-state index in [9.17, 15) is 5.11 Å². The van der Waals surface area contributed by atoms with Crippen LogP contribution in [0.15, 0.2) is 12.4 Å². The minimum atomic E-state index is -0.358. The van der Waals surface area contributed by atoms with Gasteiger partial charge in [-0.2, -0.15) is 0 Å². The van der Waals surface area contributed by atoms with Gasteiger partial charge in [0.25, 0.3) is 0 Å². The van der Waals surface area contributed by atoms with Crippen molar-refractivity contribution in [2.45, 2.75) is 32.8 Å². The maximum absolute atomic E-state index is 9.90. The Morgan fingerprint density at radius 3 is 2.62 bits per heavy atom. The van der Waals surface area contributed by atoms with E-state index in [2.05, 4.69) is 29.1 Å². The Hall–Kier alpha value is -0.870. The third kappa shape index (κ3) is 3.94. The molecule has 0 saturated carbocycles. The van der Waals surface area contributed by atoms with E-state index in [0.29, 0.717) is 23.4 Å². The summed E-state index contributed by atoms with van der Waals surface area (Å²) in [4.78, 5) is 7.79. The van der Waals surface area contributed by atoms with Crippen LogP contribution in [0.2, 0.25) is 5.15 Å². The van der Waals surface area contributed by atoms with E-state index in [4.69, 9.17) is 11.6 Å². The second-order valence-electron chi connectivity index (χ2n) is 3.75. The first-order valence-electron chi connectivity index (χ1n) is 5.56. The molecule has 1 aromatic rings. The first-order valence-corrected chi connectivity index (χ1v) is 5.94. The Kier molecular flexibility index (Phi) is 5.49. The molecule has 1 unspecified atom stereocenters. The zero-order chi connectivity index (χ0) is 12.0. The van der Waals surface area contributed by atoms with Crippen molar-refractivity contribution in [1.82, 2.24) is 9.97 Å². The predicted octanol–water partition coefficient (Wildman–Crippen LogP) is 2.34. The Morgan fingerprint density at radius 1 is 1.38 bits per heavy atom. The van der Waals surface area contributed by atoms with Gasteiger partial charge in [0, 0.05) is 12.6 Å². The number of aromatic nitrogens is 2. The van der Waals surface area contributed by atoms with E-state index < -0.39 is 0 Å². The quantitative estimate of drug-likeness (QED) is 0.753. The topological polar surface area (TPSA) is 58.0 Å². The highest BCUT2D eigenvalue weighted by molar-refractivity contribution is 6.29. The lowest BCUT2D eigenvalue weighted by Gasteiger charge is -2.20. The molecule has 0 amide bonds. The molecule has 0 spiro atoms. The normalized spacial score (nSPS) is 12.8. The Bertz CT molecular complexity index is 318. The first kappa shape index (κ1) is 13.2. The van der Waals surface area contributed by atoms with Crippen LogP contribution >= 0.6 is 11.6 Å². The van der Waals surface area contributed by atoms with Crippen molar-refractivity contribution >= 4 is 17.4 Å². The summed E-state index contributed by atoms with van der Waals surface area (Å²) in [5, 5.41) is 13.3. The lowest BCUT2D eigenvalue weighted by Crippen LogP contribution is -2.27. The number of hydrogen-bond acceptors (Lipinski definition) is 4. The number of halogens is 1. The minimum Gasteiger partial charge on any atom is -0.391 e. The maximum atomic E-state index is 9.90. The number of aliphatic hydroxyl groups is 1. The molecule has 0 radical (unpaired) electrons. The second kappa shape index (κ2) is 6.66. The van der Waals surface area contributed by atoms with Gasteiger partial charge in [0.1, 0.15) is 17.3 Å². The molecule has 5 heteroatoms. The van der Waals surface area contributed by atoms with Gasteiger partial charge < -0.3 is 10.4 Å². The molecule has 0 saturated heterocycles. The minimum absolute atomic E-state index is 0.324.